The van der Waals surface area contributed by atoms with E-state index in [4.69, 9.17) is 44.3 Å². The van der Waals surface area contributed by atoms with E-state index in [1.807, 2.05) is 48.5 Å². The molecule has 4 atom stereocenters. The van der Waals surface area contributed by atoms with E-state index in [0.717, 1.165) is 29.8 Å². The molecule has 0 bridgehead atoms. The monoisotopic (exact) mass is 652 g/mol. The summed E-state index contributed by atoms with van der Waals surface area (Å²) in [6, 6.07) is 35.9. The molecule has 0 saturated carbocycles. The average Bonchev–Trinajstić information content (AvgIpc) is 3.03. The van der Waals surface area contributed by atoms with Crippen molar-refractivity contribution in [1.29, 1.82) is 0 Å². The topological polar surface area (TPSA) is 71.0 Å². The Kier molecular flexibility index (Phi) is 11.0. The highest BCUT2D eigenvalue weighted by molar-refractivity contribution is 6.76. The summed E-state index contributed by atoms with van der Waals surface area (Å²) in [6.45, 7) is 4.34. The van der Waals surface area contributed by atoms with Crippen molar-refractivity contribution in [3.8, 4) is 0 Å². The van der Waals surface area contributed by atoms with Crippen molar-refractivity contribution in [2.24, 2.45) is 5.92 Å². The van der Waals surface area contributed by atoms with E-state index in [2.05, 4.69) is 65.7 Å². The highest BCUT2D eigenvalue weighted by Crippen LogP contribution is 2.42. The van der Waals surface area contributed by atoms with Crippen LogP contribution in [0.15, 0.2) is 109 Å². The average molecular weight is 654 g/mol. The standard InChI is InChI=1S/C35H35Cl3N2O4/c1-24-31(22-40(20-25-8-4-2-5-9-25)21-26-10-6-3-7-11-26)43-33(44-32(24)28-14-12-27(23-41)13-15-28)29-16-18-30(19-17-29)39-34(42)35(36,37)38/h2-19,24,31-33,41H,20-23H2,1H3,(H,39,42). The molecule has 1 heterocycles. The third-order valence-corrected chi connectivity index (χ3v) is 8.27. The fraction of sp³-hybridized carbons (Fsp3) is 0.286. The largest absolute Gasteiger partial charge is 0.392 e. The summed E-state index contributed by atoms with van der Waals surface area (Å²) < 4.78 is 11.3. The molecule has 44 heavy (non-hydrogen) atoms. The predicted molar refractivity (Wildman–Crippen MR) is 175 cm³/mol. The van der Waals surface area contributed by atoms with Gasteiger partial charge in [0.25, 0.3) is 9.70 Å². The summed E-state index contributed by atoms with van der Waals surface area (Å²) >= 11 is 17.1. The number of rotatable bonds is 10. The molecule has 0 spiro atoms. The van der Waals surface area contributed by atoms with E-state index in [1.54, 1.807) is 12.1 Å². The molecule has 0 aromatic heterocycles. The highest BCUT2D eigenvalue weighted by atomic mass is 35.6. The zero-order valence-corrected chi connectivity index (χ0v) is 26.6. The molecule has 4 aromatic rings. The Labute approximate surface area is 273 Å². The first-order valence-electron chi connectivity index (χ1n) is 14.5. The van der Waals surface area contributed by atoms with Gasteiger partial charge in [0.1, 0.15) is 0 Å². The predicted octanol–water partition coefficient (Wildman–Crippen LogP) is 7.98. The number of anilines is 1. The van der Waals surface area contributed by atoms with E-state index in [0.29, 0.717) is 12.2 Å². The van der Waals surface area contributed by atoms with Crippen LogP contribution in [-0.2, 0) is 34.0 Å². The summed E-state index contributed by atoms with van der Waals surface area (Å²) in [4.78, 5) is 14.5. The molecule has 5 rings (SSSR count). The lowest BCUT2D eigenvalue weighted by molar-refractivity contribution is -0.276. The molecule has 1 aliphatic rings. The zero-order valence-electron chi connectivity index (χ0n) is 24.3. The number of amides is 1. The molecule has 1 aliphatic heterocycles. The van der Waals surface area contributed by atoms with Gasteiger partial charge in [-0.3, -0.25) is 9.69 Å². The minimum Gasteiger partial charge on any atom is -0.392 e. The van der Waals surface area contributed by atoms with Crippen LogP contribution in [-0.4, -0.2) is 32.4 Å². The van der Waals surface area contributed by atoms with Gasteiger partial charge in [-0.1, -0.05) is 139 Å². The van der Waals surface area contributed by atoms with Crippen molar-refractivity contribution >= 4 is 46.4 Å². The number of aliphatic hydroxyl groups excluding tert-OH is 1. The second-order valence-electron chi connectivity index (χ2n) is 11.0. The third kappa shape index (κ3) is 8.61. The number of halogens is 3. The van der Waals surface area contributed by atoms with Crippen molar-refractivity contribution < 1.29 is 19.4 Å². The van der Waals surface area contributed by atoms with Gasteiger partial charge in [0, 0.05) is 36.8 Å². The quantitative estimate of drug-likeness (QED) is 0.170. The van der Waals surface area contributed by atoms with Crippen LogP contribution in [0.4, 0.5) is 5.69 Å². The maximum Gasteiger partial charge on any atom is 0.276 e. The number of hydrogen-bond acceptors (Lipinski definition) is 5. The number of alkyl halides is 3. The molecule has 2 N–H and O–H groups in total. The normalized spacial score (nSPS) is 20.4. The van der Waals surface area contributed by atoms with E-state index >= 15 is 0 Å². The summed E-state index contributed by atoms with van der Waals surface area (Å²) in [6.07, 6.45) is -1.09. The minimum absolute atomic E-state index is 0.0168. The van der Waals surface area contributed by atoms with Gasteiger partial charge < -0.3 is 19.9 Å². The Morgan fingerprint density at radius 1 is 0.773 bits per heavy atom. The van der Waals surface area contributed by atoms with Crippen molar-refractivity contribution in [2.45, 2.75) is 48.9 Å². The van der Waals surface area contributed by atoms with E-state index in [1.165, 1.54) is 11.1 Å². The fourth-order valence-electron chi connectivity index (χ4n) is 5.38. The van der Waals surface area contributed by atoms with E-state index < -0.39 is 16.0 Å². The number of benzene rings is 4. The first-order valence-corrected chi connectivity index (χ1v) is 15.6. The lowest BCUT2D eigenvalue weighted by atomic mass is 9.89. The van der Waals surface area contributed by atoms with Gasteiger partial charge in [0.2, 0.25) is 0 Å². The van der Waals surface area contributed by atoms with Crippen LogP contribution in [0, 0.1) is 5.92 Å². The number of carbonyl (C=O) groups excluding carboxylic acids is 1. The van der Waals surface area contributed by atoms with Crippen molar-refractivity contribution in [3.63, 3.8) is 0 Å². The van der Waals surface area contributed by atoms with E-state index in [-0.39, 0.29) is 24.7 Å². The van der Waals surface area contributed by atoms with Gasteiger partial charge in [0.15, 0.2) is 6.29 Å². The van der Waals surface area contributed by atoms with Crippen LogP contribution in [0.25, 0.3) is 0 Å². The molecular weight excluding hydrogens is 619 g/mol. The Balaban J connectivity index is 1.42. The summed E-state index contributed by atoms with van der Waals surface area (Å²) in [5, 5.41) is 12.2. The molecular formula is C35H35Cl3N2O4. The number of carbonyl (C=O) groups is 1. The number of ether oxygens (including phenoxy) is 2. The lowest BCUT2D eigenvalue weighted by Crippen LogP contribution is -2.44. The van der Waals surface area contributed by atoms with Gasteiger partial charge in [-0.25, -0.2) is 0 Å². The lowest BCUT2D eigenvalue weighted by Gasteiger charge is -2.43. The molecule has 4 aromatic carbocycles. The van der Waals surface area contributed by atoms with E-state index in [9.17, 15) is 9.90 Å². The van der Waals surface area contributed by atoms with Crippen molar-refractivity contribution in [1.82, 2.24) is 4.90 Å². The molecule has 1 saturated heterocycles. The van der Waals surface area contributed by atoms with Gasteiger partial charge in [-0.2, -0.15) is 0 Å². The zero-order chi connectivity index (χ0) is 31.1. The Morgan fingerprint density at radius 2 is 1.32 bits per heavy atom. The van der Waals surface area contributed by atoms with Gasteiger partial charge in [-0.05, 0) is 34.4 Å². The highest BCUT2D eigenvalue weighted by Gasteiger charge is 2.39. The van der Waals surface area contributed by atoms with Gasteiger partial charge in [0.05, 0.1) is 18.8 Å². The molecule has 230 valence electrons. The van der Waals surface area contributed by atoms with Crippen molar-refractivity contribution in [3.05, 3.63) is 137 Å². The van der Waals surface area contributed by atoms with Crippen LogP contribution in [0.2, 0.25) is 0 Å². The van der Waals surface area contributed by atoms with Crippen LogP contribution < -0.4 is 5.32 Å². The summed E-state index contributed by atoms with van der Waals surface area (Å²) in [5.74, 6) is -0.722. The van der Waals surface area contributed by atoms with Crippen LogP contribution in [0.5, 0.6) is 0 Å². The number of nitrogens with zero attached hydrogens (tertiary/aromatic N) is 1. The molecule has 1 fully saturated rings. The molecule has 6 nitrogen and oxygen atoms in total. The van der Waals surface area contributed by atoms with Crippen LogP contribution >= 0.6 is 34.8 Å². The first kappa shape index (κ1) is 32.5. The summed E-state index contributed by atoms with van der Waals surface area (Å²) in [7, 11) is 0. The van der Waals surface area contributed by atoms with Crippen LogP contribution in [0.1, 0.15) is 47.1 Å². The Morgan fingerprint density at radius 3 is 1.84 bits per heavy atom. The maximum atomic E-state index is 12.1. The molecule has 1 amide bonds. The molecule has 0 aliphatic carbocycles. The Hall–Kier alpha value is -2.94. The molecule has 4 unspecified atom stereocenters. The first-order chi connectivity index (χ1) is 21.2. The Bertz CT molecular complexity index is 1440. The smallest absolute Gasteiger partial charge is 0.276 e. The number of aliphatic hydroxyl groups is 1. The van der Waals surface area contributed by atoms with Crippen molar-refractivity contribution in [2.75, 3.05) is 11.9 Å². The van der Waals surface area contributed by atoms with Gasteiger partial charge in [-0.15, -0.1) is 0 Å². The van der Waals surface area contributed by atoms with Crippen LogP contribution in [0.3, 0.4) is 0 Å². The summed E-state index contributed by atoms with van der Waals surface area (Å²) in [5.41, 5.74) is 5.58. The minimum atomic E-state index is -2.07. The molecule has 0 radical (unpaired) electrons. The number of hydrogen-bond donors (Lipinski definition) is 2. The SMILES string of the molecule is CC1C(CN(Cc2ccccc2)Cc2ccccc2)OC(c2ccc(NC(=O)C(Cl)(Cl)Cl)cc2)OC1c1ccc(CO)cc1. The van der Waals surface area contributed by atoms with Gasteiger partial charge >= 0.3 is 0 Å². The molecule has 9 heteroatoms. The fourth-order valence-corrected chi connectivity index (χ4v) is 5.52. The second kappa shape index (κ2) is 14.9. The maximum absolute atomic E-state index is 12.1. The third-order valence-electron chi connectivity index (χ3n) is 7.76. The second-order valence-corrected chi connectivity index (χ2v) is 13.3. The number of nitrogens with one attached hydrogen (secondary N) is 1.